The van der Waals surface area contributed by atoms with Gasteiger partial charge in [0, 0.05) is 0 Å². The zero-order valence-electron chi connectivity index (χ0n) is 11.1. The smallest absolute Gasteiger partial charge is 0.415 e. The van der Waals surface area contributed by atoms with Crippen LogP contribution >= 0.6 is 0 Å². The summed E-state index contributed by atoms with van der Waals surface area (Å²) < 4.78 is 5.61. The van der Waals surface area contributed by atoms with E-state index < -0.39 is 23.4 Å². The maximum absolute atomic E-state index is 11.9. The number of hydrogen-bond donors (Lipinski definition) is 3. The number of ether oxygens (including phenoxy) is 1. The van der Waals surface area contributed by atoms with Gasteiger partial charge in [-0.3, -0.25) is 14.8 Å². The highest BCUT2D eigenvalue weighted by atomic mass is 16.5. The molecule has 0 radical (unpaired) electrons. The number of carbonyl (C=O) groups excluding carboxylic acids is 2. The van der Waals surface area contributed by atoms with Gasteiger partial charge in [0.15, 0.2) is 11.2 Å². The second-order valence-electron chi connectivity index (χ2n) is 4.14. The number of aromatic nitrogens is 4. The van der Waals surface area contributed by atoms with Crippen LogP contribution in [0.5, 0.6) is 0 Å². The molecule has 0 aliphatic rings. The number of imidazole rings is 1. The van der Waals surface area contributed by atoms with E-state index in [1.807, 2.05) is 17.2 Å². The number of rotatable bonds is 3. The van der Waals surface area contributed by atoms with Crippen LogP contribution in [0.4, 0.5) is 9.59 Å². The number of imide groups is 1. The molecule has 0 atom stereocenters. The molecule has 0 spiro atoms. The van der Waals surface area contributed by atoms with E-state index >= 15 is 0 Å². The molecule has 2 heterocycles. The minimum absolute atomic E-state index is 0.109. The maximum atomic E-state index is 11.9. The highest BCUT2D eigenvalue weighted by Gasteiger charge is 2.16. The summed E-state index contributed by atoms with van der Waals surface area (Å²) in [6.45, 7) is 2.12. The van der Waals surface area contributed by atoms with Crippen molar-refractivity contribution >= 4 is 23.3 Å². The minimum atomic E-state index is -0.914. The normalized spacial score (nSPS) is 10.5. The number of hydrogen-bond acceptors (Lipinski definition) is 6. The summed E-state index contributed by atoms with van der Waals surface area (Å²) in [5, 5.41) is 1.96. The zero-order chi connectivity index (χ0) is 15.4. The number of nitrogens with one attached hydrogen (secondary N) is 3. The van der Waals surface area contributed by atoms with Gasteiger partial charge in [0.05, 0.1) is 6.61 Å². The molecule has 2 amide bonds. The lowest BCUT2D eigenvalue weighted by molar-refractivity contribution is 0.145. The highest BCUT2D eigenvalue weighted by Crippen LogP contribution is 2.02. The van der Waals surface area contributed by atoms with Gasteiger partial charge in [-0.15, -0.1) is 0 Å². The number of alkyl carbamates (subject to hydrolysis) is 1. The Morgan fingerprint density at radius 1 is 1.38 bits per heavy atom. The minimum Gasteiger partial charge on any atom is -0.449 e. The Morgan fingerprint density at radius 3 is 2.86 bits per heavy atom. The van der Waals surface area contributed by atoms with Gasteiger partial charge in [-0.2, -0.15) is 0 Å². The number of nitrogens with zero attached hydrogens (tertiary/aromatic N) is 2. The van der Waals surface area contributed by atoms with Gasteiger partial charge in [-0.25, -0.2) is 29.3 Å². The molecule has 112 valence electrons. The number of H-pyrrole nitrogens is 2. The number of fused-ring (bicyclic) bond motifs is 1. The van der Waals surface area contributed by atoms with Crippen molar-refractivity contribution in [1.29, 1.82) is 0 Å². The summed E-state index contributed by atoms with van der Waals surface area (Å²) in [6.07, 6.45) is 1.63. The molecular formula is C11H13N5O5. The van der Waals surface area contributed by atoms with Crippen molar-refractivity contribution < 1.29 is 14.3 Å². The van der Waals surface area contributed by atoms with Crippen LogP contribution in [-0.4, -0.2) is 38.3 Å². The molecule has 2 aromatic heterocycles. The van der Waals surface area contributed by atoms with Gasteiger partial charge in [0.1, 0.15) is 6.33 Å². The van der Waals surface area contributed by atoms with E-state index in [0.29, 0.717) is 6.42 Å². The van der Waals surface area contributed by atoms with Crippen molar-refractivity contribution in [3.05, 3.63) is 27.2 Å². The van der Waals surface area contributed by atoms with E-state index in [2.05, 4.69) is 9.97 Å². The first-order valence-corrected chi connectivity index (χ1v) is 6.20. The predicted octanol–water partition coefficient (Wildman–Crippen LogP) is -0.0927. The quantitative estimate of drug-likeness (QED) is 0.676. The van der Waals surface area contributed by atoms with Gasteiger partial charge in [0.25, 0.3) is 5.56 Å². The van der Waals surface area contributed by atoms with Crippen LogP contribution in [0.1, 0.15) is 19.8 Å². The van der Waals surface area contributed by atoms with Gasteiger partial charge < -0.3 is 4.74 Å². The molecule has 0 aliphatic heterocycles. The molecule has 21 heavy (non-hydrogen) atoms. The maximum Gasteiger partial charge on any atom is 0.415 e. The average molecular weight is 295 g/mol. The third kappa shape index (κ3) is 3.16. The average Bonchev–Trinajstić information content (AvgIpc) is 2.83. The Labute approximate surface area is 117 Å². The van der Waals surface area contributed by atoms with Crippen molar-refractivity contribution in [2.75, 3.05) is 6.61 Å². The Kier molecular flexibility index (Phi) is 4.16. The molecule has 0 aliphatic carbocycles. The van der Waals surface area contributed by atoms with E-state index in [4.69, 9.17) is 4.74 Å². The summed E-state index contributed by atoms with van der Waals surface area (Å²) >= 11 is 0. The number of amides is 2. The first kappa shape index (κ1) is 14.5. The van der Waals surface area contributed by atoms with Gasteiger partial charge >= 0.3 is 17.8 Å². The predicted molar refractivity (Wildman–Crippen MR) is 71.2 cm³/mol. The first-order valence-electron chi connectivity index (χ1n) is 6.20. The summed E-state index contributed by atoms with van der Waals surface area (Å²) in [5.41, 5.74) is -1.75. The van der Waals surface area contributed by atoms with Crippen molar-refractivity contribution in [3.8, 4) is 0 Å². The van der Waals surface area contributed by atoms with Gasteiger partial charge in [-0.1, -0.05) is 13.3 Å². The lowest BCUT2D eigenvalue weighted by Crippen LogP contribution is -2.35. The Morgan fingerprint density at radius 2 is 2.14 bits per heavy atom. The molecule has 10 nitrogen and oxygen atoms in total. The second-order valence-corrected chi connectivity index (χ2v) is 4.14. The van der Waals surface area contributed by atoms with E-state index in [1.54, 1.807) is 0 Å². The van der Waals surface area contributed by atoms with E-state index in [-0.39, 0.29) is 17.8 Å². The second kappa shape index (κ2) is 6.03. The van der Waals surface area contributed by atoms with Gasteiger partial charge in [0.2, 0.25) is 0 Å². The van der Waals surface area contributed by atoms with Crippen molar-refractivity contribution in [1.82, 2.24) is 24.8 Å². The number of unbranched alkanes of at least 4 members (excludes halogenated alkanes) is 1. The van der Waals surface area contributed by atoms with E-state index in [9.17, 15) is 19.2 Å². The zero-order valence-corrected chi connectivity index (χ0v) is 11.1. The Hall–Kier alpha value is -2.91. The van der Waals surface area contributed by atoms with Crippen LogP contribution in [0, 0.1) is 0 Å². The summed E-state index contributed by atoms with van der Waals surface area (Å²) in [6, 6.07) is -0.889. The van der Waals surface area contributed by atoms with Crippen LogP contribution in [0.25, 0.3) is 11.2 Å². The van der Waals surface area contributed by atoms with Crippen molar-refractivity contribution in [3.63, 3.8) is 0 Å². The van der Waals surface area contributed by atoms with E-state index in [1.165, 1.54) is 0 Å². The SMILES string of the molecule is CCCCOC(=O)NC(=O)n1cnc2c(=O)[nH]c(=O)[nH]c21. The molecule has 3 N–H and O–H groups in total. The fourth-order valence-electron chi connectivity index (χ4n) is 1.58. The summed E-state index contributed by atoms with van der Waals surface area (Å²) in [4.78, 5) is 53.8. The molecule has 0 unspecified atom stereocenters. The lowest BCUT2D eigenvalue weighted by atomic mass is 10.4. The fourth-order valence-corrected chi connectivity index (χ4v) is 1.58. The van der Waals surface area contributed by atoms with Crippen molar-refractivity contribution in [2.45, 2.75) is 19.8 Å². The molecule has 0 saturated heterocycles. The molecule has 10 heteroatoms. The molecule has 2 rings (SSSR count). The van der Waals surface area contributed by atoms with Crippen LogP contribution in [0.15, 0.2) is 15.9 Å². The lowest BCUT2D eigenvalue weighted by Gasteiger charge is -2.05. The Bertz CT molecular complexity index is 786. The third-order valence-electron chi connectivity index (χ3n) is 2.60. The molecule has 0 fully saturated rings. The van der Waals surface area contributed by atoms with E-state index in [0.717, 1.165) is 17.3 Å². The standard InChI is InChI=1S/C11H13N5O5/c1-2-3-4-21-11(20)15-10(19)16-5-12-6-7(16)13-9(18)14-8(6)17/h5H,2-4H2,1H3,(H,15,19,20)(H2,13,14,17,18). The molecule has 0 saturated carbocycles. The summed E-state index contributed by atoms with van der Waals surface area (Å²) in [5.74, 6) is 0. The Balaban J connectivity index is 2.19. The topological polar surface area (TPSA) is 139 Å². The van der Waals surface area contributed by atoms with Gasteiger partial charge in [-0.05, 0) is 6.42 Å². The van der Waals surface area contributed by atoms with Crippen LogP contribution < -0.4 is 16.6 Å². The summed E-state index contributed by atoms with van der Waals surface area (Å²) in [7, 11) is 0. The third-order valence-corrected chi connectivity index (χ3v) is 2.60. The molecule has 0 bridgehead atoms. The molecule has 0 aromatic carbocycles. The van der Waals surface area contributed by atoms with Crippen LogP contribution in [-0.2, 0) is 4.74 Å². The molecular weight excluding hydrogens is 282 g/mol. The van der Waals surface area contributed by atoms with Crippen LogP contribution in [0.3, 0.4) is 0 Å². The monoisotopic (exact) mass is 295 g/mol. The fraction of sp³-hybridized carbons (Fsp3) is 0.364. The number of aromatic amines is 2. The van der Waals surface area contributed by atoms with Crippen LogP contribution in [0.2, 0.25) is 0 Å². The first-order chi connectivity index (χ1) is 10.0. The van der Waals surface area contributed by atoms with Crippen molar-refractivity contribution in [2.24, 2.45) is 0 Å². The largest absolute Gasteiger partial charge is 0.449 e. The molecule has 2 aromatic rings. The highest BCUT2D eigenvalue weighted by molar-refractivity contribution is 5.95. The number of carbonyl (C=O) groups is 2.